The van der Waals surface area contributed by atoms with E-state index in [0.717, 1.165) is 38.5 Å². The fraction of sp³-hybridized carbons (Fsp3) is 0.167. The predicted octanol–water partition coefficient (Wildman–Crippen LogP) is 5.12. The van der Waals surface area contributed by atoms with Crippen molar-refractivity contribution < 1.29 is 18.7 Å². The van der Waals surface area contributed by atoms with Crippen LogP contribution < -0.4 is 10.7 Å². The van der Waals surface area contributed by atoms with Crippen LogP contribution in [0, 0.1) is 5.82 Å². The monoisotopic (exact) mass is 525 g/mol. The molecule has 0 radical (unpaired) electrons. The van der Waals surface area contributed by atoms with Crippen LogP contribution in [0.15, 0.2) is 90.3 Å². The van der Waals surface area contributed by atoms with Gasteiger partial charge in [0.2, 0.25) is 0 Å². The minimum absolute atomic E-state index is 0.188. The quantitative estimate of drug-likeness (QED) is 0.184. The lowest BCUT2D eigenvalue weighted by Gasteiger charge is -2.16. The summed E-state index contributed by atoms with van der Waals surface area (Å²) in [5.41, 5.74) is 7.14. The zero-order chi connectivity index (χ0) is 27.2. The Kier molecular flexibility index (Phi) is 7.68. The standard InChI is InChI=1S/C30H28FN5O3/c1-2-39-30(38)34-27(15-21-16-32-26-9-5-3-7-24(21)26)29(37)35-33-17-22-19-36(28-10-6-4-8-25(22)28)18-20-11-13-23(31)14-12-20/h3-14,16-17,19,27,32H,2,15,18H2,1H3,(H,34,38)(H,35,37)/b33-17-/t27-/m1/s1. The van der Waals surface area contributed by atoms with Crippen molar-refractivity contribution in [3.05, 3.63) is 108 Å². The van der Waals surface area contributed by atoms with Crippen LogP contribution in [0.4, 0.5) is 9.18 Å². The number of ether oxygens (including phenoxy) is 1. The van der Waals surface area contributed by atoms with E-state index in [9.17, 15) is 14.0 Å². The highest BCUT2D eigenvalue weighted by atomic mass is 19.1. The van der Waals surface area contributed by atoms with Crippen LogP contribution in [0.2, 0.25) is 0 Å². The Balaban J connectivity index is 1.34. The molecule has 0 aliphatic carbocycles. The van der Waals surface area contributed by atoms with E-state index in [1.165, 1.54) is 12.1 Å². The molecule has 0 saturated carbocycles. The molecule has 0 saturated heterocycles. The lowest BCUT2D eigenvalue weighted by molar-refractivity contribution is -0.123. The summed E-state index contributed by atoms with van der Waals surface area (Å²) in [6.07, 6.45) is 4.92. The highest BCUT2D eigenvalue weighted by molar-refractivity contribution is 6.00. The van der Waals surface area contributed by atoms with Crippen molar-refractivity contribution in [2.24, 2.45) is 5.10 Å². The van der Waals surface area contributed by atoms with E-state index >= 15 is 0 Å². The summed E-state index contributed by atoms with van der Waals surface area (Å²) in [4.78, 5) is 28.5. The topological polar surface area (TPSA) is 101 Å². The van der Waals surface area contributed by atoms with E-state index < -0.39 is 18.0 Å². The molecule has 2 amide bonds. The molecule has 2 heterocycles. The second kappa shape index (κ2) is 11.6. The number of aromatic nitrogens is 2. The first kappa shape index (κ1) is 25.7. The first-order chi connectivity index (χ1) is 19.0. The number of hydrogen-bond donors (Lipinski definition) is 3. The van der Waals surface area contributed by atoms with Crippen molar-refractivity contribution in [1.29, 1.82) is 0 Å². The highest BCUT2D eigenvalue weighted by Crippen LogP contribution is 2.22. The molecule has 8 nitrogen and oxygen atoms in total. The zero-order valence-corrected chi connectivity index (χ0v) is 21.4. The number of rotatable bonds is 9. The van der Waals surface area contributed by atoms with E-state index in [1.807, 2.05) is 65.5 Å². The van der Waals surface area contributed by atoms with Crippen LogP contribution in [0.3, 0.4) is 0 Å². The number of H-pyrrole nitrogens is 1. The first-order valence-electron chi connectivity index (χ1n) is 12.7. The van der Waals surface area contributed by atoms with Crippen molar-refractivity contribution in [2.45, 2.75) is 25.9 Å². The molecule has 1 atom stereocenters. The van der Waals surface area contributed by atoms with Gasteiger partial charge in [-0.25, -0.2) is 14.6 Å². The van der Waals surface area contributed by atoms with Gasteiger partial charge in [-0.15, -0.1) is 0 Å². The van der Waals surface area contributed by atoms with Crippen molar-refractivity contribution in [1.82, 2.24) is 20.3 Å². The van der Waals surface area contributed by atoms with Crippen molar-refractivity contribution in [3.8, 4) is 0 Å². The molecule has 5 rings (SSSR count). The Morgan fingerprint density at radius 1 is 1.05 bits per heavy atom. The molecular weight excluding hydrogens is 497 g/mol. The molecule has 9 heteroatoms. The molecule has 0 unspecified atom stereocenters. The number of nitrogens with one attached hydrogen (secondary N) is 3. The molecular formula is C30H28FN5O3. The molecule has 0 bridgehead atoms. The molecule has 0 fully saturated rings. The molecule has 5 aromatic rings. The third-order valence-corrected chi connectivity index (χ3v) is 6.45. The number of halogens is 1. The molecule has 2 aromatic heterocycles. The van der Waals surface area contributed by atoms with Gasteiger partial charge in [0.15, 0.2) is 0 Å². The van der Waals surface area contributed by atoms with Crippen LogP contribution in [0.25, 0.3) is 21.8 Å². The highest BCUT2D eigenvalue weighted by Gasteiger charge is 2.23. The van der Waals surface area contributed by atoms with Gasteiger partial charge < -0.3 is 19.6 Å². The lowest BCUT2D eigenvalue weighted by atomic mass is 10.0. The average molecular weight is 526 g/mol. The Morgan fingerprint density at radius 2 is 1.79 bits per heavy atom. The van der Waals surface area contributed by atoms with E-state index in [4.69, 9.17) is 4.74 Å². The van der Waals surface area contributed by atoms with Gasteiger partial charge in [0, 0.05) is 52.7 Å². The number of para-hydroxylation sites is 2. The number of hydrogen-bond acceptors (Lipinski definition) is 4. The maximum atomic E-state index is 13.3. The second-order valence-corrected chi connectivity index (χ2v) is 9.07. The number of aromatic amines is 1. The Hall–Kier alpha value is -4.92. The number of alkyl carbamates (subject to hydrolysis) is 1. The SMILES string of the molecule is CCOC(=O)N[C@H](Cc1c[nH]c2ccccc12)C(=O)N/N=C\c1cn(Cc2ccc(F)cc2)c2ccccc12. The van der Waals surface area contributed by atoms with Crippen LogP contribution in [0.5, 0.6) is 0 Å². The molecule has 0 aliphatic rings. The fourth-order valence-corrected chi connectivity index (χ4v) is 4.58. The zero-order valence-electron chi connectivity index (χ0n) is 21.4. The number of hydrazone groups is 1. The van der Waals surface area contributed by atoms with E-state index in [-0.39, 0.29) is 18.8 Å². The van der Waals surface area contributed by atoms with Crippen molar-refractivity contribution in [3.63, 3.8) is 0 Å². The molecule has 198 valence electrons. The van der Waals surface area contributed by atoms with Crippen molar-refractivity contribution in [2.75, 3.05) is 6.61 Å². The number of benzene rings is 3. The maximum Gasteiger partial charge on any atom is 0.407 e. The summed E-state index contributed by atoms with van der Waals surface area (Å²) in [5, 5.41) is 8.77. The predicted molar refractivity (Wildman–Crippen MR) is 149 cm³/mol. The average Bonchev–Trinajstić information content (AvgIpc) is 3.51. The van der Waals surface area contributed by atoms with Gasteiger partial charge in [0.1, 0.15) is 11.9 Å². The molecule has 39 heavy (non-hydrogen) atoms. The third kappa shape index (κ3) is 5.98. The summed E-state index contributed by atoms with van der Waals surface area (Å²) in [6, 6.07) is 21.1. The molecule has 0 spiro atoms. The molecule has 3 N–H and O–H groups in total. The van der Waals surface area contributed by atoms with Crippen molar-refractivity contribution >= 4 is 40.0 Å². The largest absolute Gasteiger partial charge is 0.450 e. The molecule has 0 aliphatic heterocycles. The number of amides is 2. The van der Waals surface area contributed by atoms with Gasteiger partial charge in [-0.3, -0.25) is 4.79 Å². The van der Waals surface area contributed by atoms with Crippen LogP contribution in [-0.4, -0.2) is 40.4 Å². The number of carbonyl (C=O) groups is 2. The Labute approximate surface area is 224 Å². The minimum atomic E-state index is -0.903. The van der Waals surface area contributed by atoms with Crippen LogP contribution in [-0.2, 0) is 22.5 Å². The van der Waals surface area contributed by atoms with Gasteiger partial charge >= 0.3 is 6.09 Å². The number of fused-ring (bicyclic) bond motifs is 2. The first-order valence-corrected chi connectivity index (χ1v) is 12.7. The minimum Gasteiger partial charge on any atom is -0.450 e. The summed E-state index contributed by atoms with van der Waals surface area (Å²) in [6.45, 7) is 2.44. The maximum absolute atomic E-state index is 13.3. The van der Waals surface area contributed by atoms with Gasteiger partial charge in [0.25, 0.3) is 5.91 Å². The van der Waals surface area contributed by atoms with Crippen LogP contribution in [0.1, 0.15) is 23.6 Å². The van der Waals surface area contributed by atoms with Crippen LogP contribution >= 0.6 is 0 Å². The smallest absolute Gasteiger partial charge is 0.407 e. The number of nitrogens with zero attached hydrogens (tertiary/aromatic N) is 2. The normalized spacial score (nSPS) is 12.2. The van der Waals surface area contributed by atoms with E-state index in [1.54, 1.807) is 25.3 Å². The second-order valence-electron chi connectivity index (χ2n) is 9.07. The Morgan fingerprint density at radius 3 is 2.59 bits per heavy atom. The summed E-state index contributed by atoms with van der Waals surface area (Å²) < 4.78 is 20.4. The summed E-state index contributed by atoms with van der Waals surface area (Å²) >= 11 is 0. The van der Waals surface area contributed by atoms with Gasteiger partial charge in [-0.1, -0.05) is 48.5 Å². The molecule has 3 aromatic carbocycles. The summed E-state index contributed by atoms with van der Waals surface area (Å²) in [5.74, 6) is -0.750. The van der Waals surface area contributed by atoms with Gasteiger partial charge in [-0.05, 0) is 42.3 Å². The fourth-order valence-electron chi connectivity index (χ4n) is 4.58. The van der Waals surface area contributed by atoms with E-state index in [2.05, 4.69) is 20.8 Å². The number of carbonyl (C=O) groups excluding carboxylic acids is 2. The lowest BCUT2D eigenvalue weighted by Crippen LogP contribution is -2.47. The van der Waals surface area contributed by atoms with Gasteiger partial charge in [-0.2, -0.15) is 5.10 Å². The van der Waals surface area contributed by atoms with E-state index in [0.29, 0.717) is 6.54 Å². The summed E-state index contributed by atoms with van der Waals surface area (Å²) in [7, 11) is 0. The van der Waals surface area contributed by atoms with Gasteiger partial charge in [0.05, 0.1) is 12.8 Å². The Bertz CT molecular complexity index is 1640. The third-order valence-electron chi connectivity index (χ3n) is 6.45.